The number of rotatable bonds is 12. The Labute approximate surface area is 577 Å². The molecule has 2 fully saturated rings. The molecule has 2 saturated heterocycles. The first-order valence-corrected chi connectivity index (χ1v) is 31.9. The van der Waals surface area contributed by atoms with Crippen LogP contribution in [0.5, 0.6) is 46.0 Å². The van der Waals surface area contributed by atoms with Gasteiger partial charge in [0.2, 0.25) is 53.4 Å². The molecule has 12 rings (SSSR count). The fourth-order valence-electron chi connectivity index (χ4n) is 12.3. The van der Waals surface area contributed by atoms with Gasteiger partial charge in [-0.25, -0.2) is 4.79 Å². The first kappa shape index (κ1) is 73.5. The molecule has 22 N–H and O–H groups in total. The lowest BCUT2D eigenvalue weighted by molar-refractivity contribution is -0.333. The van der Waals surface area contributed by atoms with Gasteiger partial charge in [-0.15, -0.1) is 0 Å². The number of carbonyl (C=O) groups excluding carboxylic acids is 7. The fourth-order valence-corrected chi connectivity index (χ4v) is 12.7. The van der Waals surface area contributed by atoms with Gasteiger partial charge in [-0.2, -0.15) is 0 Å². The lowest BCUT2D eigenvalue weighted by Crippen LogP contribution is -2.64. The SMILES string of the molecule is CC(C)C[C@@H](N)C(=O)N[C@@H]1C(=O)N[C@@H](CC(N)=O)C(=O)N[C@H]2C(=O)N[C@H]3C(=O)N[C@H](C(=O)N[C@H](C(=O)O)c4cc(O)cc(O)c4-c4cc3ccc4O)[C@H](O)c3ccc(c(Cl)c3)Oc3cc2cc(c3O[C@@H]2O[C@H](CO)[C@@H](O)[C@H](O)[C@H]2O[C@H]2C[C@](C)(N)C(O)[C@H](C)O2)Oc2ccc(cc2Cl)[C@H]1O. The molecule has 0 radical (unpaired) electrons. The highest BCUT2D eigenvalue weighted by Crippen LogP contribution is 2.50. The van der Waals surface area contributed by atoms with E-state index in [2.05, 4.69) is 31.9 Å². The van der Waals surface area contributed by atoms with Crippen molar-refractivity contribution in [1.29, 1.82) is 0 Å². The normalized spacial score (nSPS) is 29.6. The number of nitrogens with one attached hydrogen (secondary N) is 6. The lowest BCUT2D eigenvalue weighted by Gasteiger charge is -2.47. The Balaban J connectivity index is 1.24. The number of fused-ring (bicyclic) bond motifs is 15. The van der Waals surface area contributed by atoms with Crippen LogP contribution in [0, 0.1) is 5.92 Å². The Bertz CT molecular complexity index is 4060. The average Bonchev–Trinajstić information content (AvgIpc) is 0.768. The molecule has 7 amide bonds. The van der Waals surface area contributed by atoms with Crippen LogP contribution in [-0.2, 0) is 52.6 Å². The third kappa shape index (κ3) is 15.4. The van der Waals surface area contributed by atoms with Gasteiger partial charge in [0.15, 0.2) is 29.9 Å². The summed E-state index contributed by atoms with van der Waals surface area (Å²) in [6.07, 6.45) is -18.8. The number of ether oxygens (including phenoxy) is 6. The smallest absolute Gasteiger partial charge is 0.330 e. The first-order valence-electron chi connectivity index (χ1n) is 31.2. The van der Waals surface area contributed by atoms with Crippen molar-refractivity contribution in [1.82, 2.24) is 31.9 Å². The highest BCUT2D eigenvalue weighted by molar-refractivity contribution is 6.32. The Hall–Kier alpha value is -9.20. The summed E-state index contributed by atoms with van der Waals surface area (Å²) in [6, 6.07) is -1.18. The van der Waals surface area contributed by atoms with Crippen LogP contribution in [0.1, 0.15) is 105 Å². The van der Waals surface area contributed by atoms with E-state index in [1.165, 1.54) is 26.0 Å². The number of phenolic OH excluding ortho intramolecular Hbond substituents is 3. The predicted octanol–water partition coefficient (Wildman–Crippen LogP) is -0.154. The summed E-state index contributed by atoms with van der Waals surface area (Å²) in [5.41, 5.74) is 14.1. The van der Waals surface area contributed by atoms with Crippen molar-refractivity contribution in [2.45, 2.75) is 156 Å². The van der Waals surface area contributed by atoms with Crippen LogP contribution in [0.4, 0.5) is 0 Å². The first-order chi connectivity index (χ1) is 47.1. The molecule has 33 nitrogen and oxygen atoms in total. The molecule has 0 saturated carbocycles. The van der Waals surface area contributed by atoms with Crippen molar-refractivity contribution in [2.75, 3.05) is 6.61 Å². The van der Waals surface area contributed by atoms with Gasteiger partial charge in [0.05, 0.1) is 41.3 Å². The molecule has 7 heterocycles. The molecule has 35 heteroatoms. The Morgan fingerprint density at radius 3 is 1.90 bits per heavy atom. The minimum Gasteiger partial charge on any atom is -0.508 e. The van der Waals surface area contributed by atoms with Crippen molar-refractivity contribution in [3.63, 3.8) is 0 Å². The monoisotopic (exact) mass is 1430 g/mol. The van der Waals surface area contributed by atoms with Crippen molar-refractivity contribution >= 4 is 70.5 Å². The quantitative estimate of drug-likeness (QED) is 0.0772. The number of carboxylic acids is 1. The predicted molar refractivity (Wildman–Crippen MR) is 344 cm³/mol. The molecule has 1 unspecified atom stereocenters. The number of halogens is 2. The van der Waals surface area contributed by atoms with E-state index in [1.807, 2.05) is 0 Å². The maximum atomic E-state index is 16.0. The standard InChI is InChI=1S/C65H73Cl2N9O24/c1-22(2)11-33(68)57(87)75-48-50(82)25-6-9-37(31(66)13-25)96-39-15-27-16-40(54(39)100-64-55(53(85)52(84)41(21-77)98-64)99-43-20-65(4,70)56(86)23(3)95-43)97-38-10-7-26(14-32(38)67)51(83)49-62(92)74-47(63(93)94)30-17-28(78)18-36(80)44(30)29-12-24(5-8-35(29)79)45(59(89)76-49)73-60(90)46(27)72-58(88)34(19-42(69)81)71-61(48)91/h5-10,12-18,22-23,33-34,41,43,45-53,55-56,64,77-80,82-86H,11,19-21,68,70H2,1-4H3,(H2,69,81)(H,71,91)(H,72,88)(H,73,90)(H,74,92)(H,75,87)(H,76,89)(H,93,94)/t23-,33+,34-,41+,43-,45+,46+,47-,48-,49-,50+,51+,52+,53-,55+,56?,64-,65-/m0/s1. The molecule has 18 atom stereocenters. The second-order valence-electron chi connectivity index (χ2n) is 25.5. The molecule has 0 spiro atoms. The molecule has 5 aromatic rings. The van der Waals surface area contributed by atoms with Gasteiger partial charge in [0, 0.05) is 34.7 Å². The number of hydrogen-bond acceptors (Lipinski definition) is 25. The summed E-state index contributed by atoms with van der Waals surface area (Å²) in [5.74, 6) is -16.3. The summed E-state index contributed by atoms with van der Waals surface area (Å²) >= 11 is 14.1. The van der Waals surface area contributed by atoms with Crippen LogP contribution >= 0.6 is 23.2 Å². The minimum atomic E-state index is -2.35. The van der Waals surface area contributed by atoms with Crippen LogP contribution in [0.3, 0.4) is 0 Å². The number of carbonyl (C=O) groups is 8. The fraction of sp³-hybridized carbons (Fsp3) is 0.415. The van der Waals surface area contributed by atoms with Gasteiger partial charge in [0.1, 0.15) is 89.5 Å². The molecular weight excluding hydrogens is 1360 g/mol. The van der Waals surface area contributed by atoms with Crippen molar-refractivity contribution in [2.24, 2.45) is 23.1 Å². The summed E-state index contributed by atoms with van der Waals surface area (Å²) in [5, 5.41) is 127. The second-order valence-corrected chi connectivity index (χ2v) is 26.3. The van der Waals surface area contributed by atoms with Crippen molar-refractivity contribution < 1.29 is 118 Å². The lowest BCUT2D eigenvalue weighted by atomic mass is 9.86. The number of phenols is 3. The zero-order valence-corrected chi connectivity index (χ0v) is 54.9. The van der Waals surface area contributed by atoms with Crippen LogP contribution in [-0.4, -0.2) is 184 Å². The molecule has 11 bridgehead atoms. The van der Waals surface area contributed by atoms with Crippen LogP contribution < -0.4 is 63.3 Å². The number of aromatic hydroxyl groups is 3. The van der Waals surface area contributed by atoms with Gasteiger partial charge < -0.3 is 129 Å². The number of aliphatic hydroxyl groups excluding tert-OH is 6. The maximum Gasteiger partial charge on any atom is 0.330 e. The summed E-state index contributed by atoms with van der Waals surface area (Å²) in [7, 11) is 0. The Morgan fingerprint density at radius 2 is 1.31 bits per heavy atom. The van der Waals surface area contributed by atoms with E-state index < -0.39 is 237 Å². The van der Waals surface area contributed by atoms with E-state index in [1.54, 1.807) is 13.8 Å². The third-order valence-electron chi connectivity index (χ3n) is 17.5. The topological polar surface area (TPSA) is 544 Å². The van der Waals surface area contributed by atoms with E-state index in [-0.39, 0.29) is 46.2 Å². The number of amides is 7. The molecule has 7 aliphatic rings. The maximum absolute atomic E-state index is 16.0. The highest BCUT2D eigenvalue weighted by atomic mass is 35.5. The van der Waals surface area contributed by atoms with Gasteiger partial charge in [-0.1, -0.05) is 55.2 Å². The zero-order valence-electron chi connectivity index (χ0n) is 53.4. The van der Waals surface area contributed by atoms with E-state index >= 15 is 14.4 Å². The summed E-state index contributed by atoms with van der Waals surface area (Å²) in [6.45, 7) is 5.53. The highest BCUT2D eigenvalue weighted by Gasteiger charge is 2.51. The molecule has 100 heavy (non-hydrogen) atoms. The average molecular weight is 1440 g/mol. The number of primary amides is 1. The molecular formula is C65H73Cl2N9O24. The summed E-state index contributed by atoms with van der Waals surface area (Å²) in [4.78, 5) is 116. The van der Waals surface area contributed by atoms with Gasteiger partial charge in [-0.3, -0.25) is 33.6 Å². The molecule has 0 aliphatic carbocycles. The number of hydrogen-bond donors (Lipinski definition) is 19. The number of benzene rings is 5. The summed E-state index contributed by atoms with van der Waals surface area (Å²) < 4.78 is 38.2. The Morgan fingerprint density at radius 1 is 0.710 bits per heavy atom. The van der Waals surface area contributed by atoms with E-state index in [0.717, 1.165) is 66.7 Å². The molecule has 5 aromatic carbocycles. The van der Waals surface area contributed by atoms with Gasteiger partial charge >= 0.3 is 5.97 Å². The number of carboxylic acid groups (broad SMARTS) is 1. The zero-order chi connectivity index (χ0) is 72.8. The molecule has 0 aromatic heterocycles. The second kappa shape index (κ2) is 29.6. The van der Waals surface area contributed by atoms with E-state index in [0.29, 0.717) is 0 Å². The van der Waals surface area contributed by atoms with E-state index in [4.69, 9.17) is 68.8 Å². The van der Waals surface area contributed by atoms with Gasteiger partial charge in [0.25, 0.3) is 0 Å². The van der Waals surface area contributed by atoms with Crippen LogP contribution in [0.25, 0.3) is 11.1 Å². The Kier molecular flexibility index (Phi) is 21.7. The van der Waals surface area contributed by atoms with Gasteiger partial charge in [-0.05, 0) is 103 Å². The number of nitrogens with two attached hydrogens (primary N) is 3. The van der Waals surface area contributed by atoms with Crippen molar-refractivity contribution in [3.05, 3.63) is 117 Å². The third-order valence-corrected chi connectivity index (χ3v) is 18.1. The minimum absolute atomic E-state index is 0.0742. The van der Waals surface area contributed by atoms with Crippen LogP contribution in [0.2, 0.25) is 10.0 Å². The van der Waals surface area contributed by atoms with E-state index in [9.17, 15) is 75.0 Å². The largest absolute Gasteiger partial charge is 0.508 e. The molecule has 7 aliphatic heterocycles. The number of aliphatic hydroxyl groups is 6. The molecule has 536 valence electrons. The van der Waals surface area contributed by atoms with Crippen molar-refractivity contribution in [3.8, 4) is 57.1 Å². The number of aliphatic carboxylic acids is 1. The van der Waals surface area contributed by atoms with Crippen LogP contribution in [0.15, 0.2) is 78.9 Å².